The Morgan fingerprint density at radius 3 is 2.93 bits per heavy atom. The van der Waals surface area contributed by atoms with Crippen molar-refractivity contribution in [2.75, 3.05) is 6.54 Å². The number of aryl methyl sites for hydroxylation is 1. The number of carbonyl (C=O) groups excluding carboxylic acids is 1. The maximum Gasteiger partial charge on any atom is 0.328 e. The lowest BCUT2D eigenvalue weighted by molar-refractivity contribution is -0.143. The van der Waals surface area contributed by atoms with Gasteiger partial charge in [-0.3, -0.25) is 19.3 Å². The maximum atomic E-state index is 12.1. The van der Waals surface area contributed by atoms with Gasteiger partial charge in [-0.15, -0.1) is 0 Å². The Bertz CT molecular complexity index is 1310. The normalized spacial score (nSPS) is 16.0. The number of sulfonamides is 1. The van der Waals surface area contributed by atoms with Crippen LogP contribution in [0.1, 0.15) is 23.2 Å². The first-order valence-corrected chi connectivity index (χ1v) is 10.9. The monoisotopic (exact) mass is 433 g/mol. The van der Waals surface area contributed by atoms with Gasteiger partial charge in [-0.1, -0.05) is 30.4 Å². The van der Waals surface area contributed by atoms with Gasteiger partial charge >= 0.3 is 5.97 Å². The Kier molecular flexibility index (Phi) is 4.88. The molecule has 0 bridgehead atoms. The smallest absolute Gasteiger partial charge is 0.328 e. The number of hydrogen-bond donors (Lipinski definition) is 1. The van der Waals surface area contributed by atoms with E-state index in [1.54, 1.807) is 18.2 Å². The van der Waals surface area contributed by atoms with Crippen LogP contribution in [0.5, 0.6) is 0 Å². The molecule has 12 heteroatoms. The molecule has 29 heavy (non-hydrogen) atoms. The minimum atomic E-state index is -3.67. The van der Waals surface area contributed by atoms with Crippen LogP contribution in [0, 0.1) is 0 Å². The van der Waals surface area contributed by atoms with Gasteiger partial charge in [-0.05, 0) is 18.6 Å². The number of amidine groups is 1. The van der Waals surface area contributed by atoms with E-state index in [4.69, 9.17) is 4.74 Å². The van der Waals surface area contributed by atoms with Gasteiger partial charge in [0.2, 0.25) is 4.96 Å². The minimum absolute atomic E-state index is 0.0899. The van der Waals surface area contributed by atoms with Gasteiger partial charge in [0.1, 0.15) is 24.0 Å². The second-order valence-corrected chi connectivity index (χ2v) is 8.75. The van der Waals surface area contributed by atoms with Crippen LogP contribution >= 0.6 is 11.3 Å². The first kappa shape index (κ1) is 19.2. The molecule has 0 unspecified atom stereocenters. The Balaban J connectivity index is 1.44. The summed E-state index contributed by atoms with van der Waals surface area (Å²) in [5.74, 6) is -0.589. The Hall–Kier alpha value is -3.12. The molecule has 0 atom stereocenters. The second-order valence-electron chi connectivity index (χ2n) is 6.06. The van der Waals surface area contributed by atoms with Crippen LogP contribution in [0.3, 0.4) is 0 Å². The highest BCUT2D eigenvalue weighted by Gasteiger charge is 2.30. The Morgan fingerprint density at radius 1 is 1.34 bits per heavy atom. The highest BCUT2D eigenvalue weighted by atomic mass is 32.2. The van der Waals surface area contributed by atoms with E-state index in [-0.39, 0.29) is 29.4 Å². The summed E-state index contributed by atoms with van der Waals surface area (Å²) in [5.41, 5.74) is 0.348. The molecule has 0 spiro atoms. The van der Waals surface area contributed by atoms with Gasteiger partial charge in [0.15, 0.2) is 0 Å². The molecule has 1 aliphatic rings. The minimum Gasteiger partial charge on any atom is -0.458 e. The van der Waals surface area contributed by atoms with Crippen LogP contribution in [-0.2, 0) is 32.6 Å². The third kappa shape index (κ3) is 3.76. The molecule has 1 N–H and O–H groups in total. The quantitative estimate of drug-likeness (QED) is 0.579. The number of ether oxygens (including phenoxy) is 1. The number of rotatable bonds is 5. The number of benzene rings is 1. The summed E-state index contributed by atoms with van der Waals surface area (Å²) in [4.78, 5) is 32.9. The van der Waals surface area contributed by atoms with Crippen molar-refractivity contribution in [1.29, 1.82) is 0 Å². The number of nitrogens with one attached hydrogen (secondary N) is 1. The molecule has 3 heterocycles. The molecule has 3 aromatic rings. The molecule has 0 aliphatic carbocycles. The number of nitrogens with zero attached hydrogens (tertiary/aromatic N) is 4. The van der Waals surface area contributed by atoms with Crippen molar-refractivity contribution in [3.05, 3.63) is 57.0 Å². The lowest BCUT2D eigenvalue weighted by Gasteiger charge is -2.03. The van der Waals surface area contributed by atoms with Gasteiger partial charge < -0.3 is 4.74 Å². The van der Waals surface area contributed by atoms with Crippen molar-refractivity contribution in [2.45, 2.75) is 24.8 Å². The van der Waals surface area contributed by atoms with Crippen molar-refractivity contribution >= 4 is 38.1 Å². The summed E-state index contributed by atoms with van der Waals surface area (Å²) < 4.78 is 32.7. The van der Waals surface area contributed by atoms with Crippen molar-refractivity contribution < 1.29 is 17.9 Å². The summed E-state index contributed by atoms with van der Waals surface area (Å²) in [6.45, 7) is 1.35. The van der Waals surface area contributed by atoms with E-state index in [1.807, 2.05) is 6.92 Å². The molecule has 2 aromatic heterocycles. The number of hydrogen-bond acceptors (Lipinski definition) is 9. The van der Waals surface area contributed by atoms with E-state index in [2.05, 4.69) is 19.8 Å². The largest absolute Gasteiger partial charge is 0.458 e. The Labute approximate surface area is 168 Å². The summed E-state index contributed by atoms with van der Waals surface area (Å²) in [7, 11) is -3.67. The van der Waals surface area contributed by atoms with E-state index < -0.39 is 16.0 Å². The molecule has 0 fully saturated rings. The summed E-state index contributed by atoms with van der Waals surface area (Å²) >= 11 is 1.29. The van der Waals surface area contributed by atoms with Gasteiger partial charge in [0, 0.05) is 11.6 Å². The van der Waals surface area contributed by atoms with Crippen LogP contribution in [-0.4, -0.2) is 41.4 Å². The van der Waals surface area contributed by atoms with E-state index in [0.717, 1.165) is 5.01 Å². The highest BCUT2D eigenvalue weighted by molar-refractivity contribution is 7.90. The molecule has 4 rings (SSSR count). The van der Waals surface area contributed by atoms with Gasteiger partial charge in [0.05, 0.1) is 10.6 Å². The van der Waals surface area contributed by atoms with Gasteiger partial charge in [-0.25, -0.2) is 13.4 Å². The van der Waals surface area contributed by atoms with Crippen LogP contribution in [0.2, 0.25) is 0 Å². The summed E-state index contributed by atoms with van der Waals surface area (Å²) in [5, 5.41) is 4.93. The Morgan fingerprint density at radius 2 is 2.14 bits per heavy atom. The molecule has 0 saturated heterocycles. The van der Waals surface area contributed by atoms with Crippen LogP contribution in [0.15, 0.2) is 45.0 Å². The van der Waals surface area contributed by atoms with E-state index in [1.165, 1.54) is 28.0 Å². The van der Waals surface area contributed by atoms with Crippen molar-refractivity contribution in [3.63, 3.8) is 0 Å². The predicted octanol–water partition coefficient (Wildman–Crippen LogP) is 0.495. The molecular formula is C17H15N5O5S2. The fourth-order valence-electron chi connectivity index (χ4n) is 2.71. The molecular weight excluding hydrogens is 418 g/mol. The lowest BCUT2D eigenvalue weighted by atomic mass is 10.2. The number of aliphatic imine (C=N–C) groups is 1. The lowest BCUT2D eigenvalue weighted by Crippen LogP contribution is -2.23. The third-order valence-corrected chi connectivity index (χ3v) is 6.50. The van der Waals surface area contributed by atoms with Crippen LogP contribution < -0.4 is 10.3 Å². The topological polar surface area (TPSA) is 132 Å². The summed E-state index contributed by atoms with van der Waals surface area (Å²) in [6, 6.07) is 7.60. The fraction of sp³-hybridized carbons (Fsp3) is 0.235. The number of fused-ring (bicyclic) bond motifs is 2. The van der Waals surface area contributed by atoms with Gasteiger partial charge in [0.25, 0.3) is 15.6 Å². The van der Waals surface area contributed by atoms with Crippen LogP contribution in [0.25, 0.3) is 4.96 Å². The zero-order valence-corrected chi connectivity index (χ0v) is 16.8. The molecule has 0 saturated carbocycles. The van der Waals surface area contributed by atoms with E-state index >= 15 is 0 Å². The van der Waals surface area contributed by atoms with Crippen molar-refractivity contribution in [2.24, 2.45) is 4.99 Å². The molecule has 1 aliphatic heterocycles. The maximum absolute atomic E-state index is 12.1. The second kappa shape index (κ2) is 7.37. The molecule has 1 aromatic carbocycles. The SMILES string of the molecule is CCc1nn2c(=O)cc(COC(=O)CN=C3NS(=O)(=O)c4ccccc43)nc2s1. The zero-order valence-electron chi connectivity index (χ0n) is 15.2. The third-order valence-electron chi connectivity index (χ3n) is 4.05. The molecule has 10 nitrogen and oxygen atoms in total. The molecule has 0 radical (unpaired) electrons. The van der Waals surface area contributed by atoms with E-state index in [9.17, 15) is 18.0 Å². The number of carbonyl (C=O) groups is 1. The number of aromatic nitrogens is 3. The zero-order chi connectivity index (χ0) is 20.6. The molecule has 0 amide bonds. The van der Waals surface area contributed by atoms with Crippen molar-refractivity contribution in [1.82, 2.24) is 19.3 Å². The fourth-order valence-corrected chi connectivity index (χ4v) is 4.82. The average Bonchev–Trinajstić information content (AvgIpc) is 3.24. The van der Waals surface area contributed by atoms with Crippen molar-refractivity contribution in [3.8, 4) is 0 Å². The predicted molar refractivity (Wildman–Crippen MR) is 104 cm³/mol. The summed E-state index contributed by atoms with van der Waals surface area (Å²) in [6.07, 6.45) is 0.686. The van der Waals surface area contributed by atoms with Crippen LogP contribution in [0.4, 0.5) is 0 Å². The first-order valence-electron chi connectivity index (χ1n) is 8.58. The molecule has 150 valence electrons. The standard InChI is InChI=1S/C17H15N5O5S2/c1-2-13-20-22-14(23)7-10(19-17(22)28-13)9-27-15(24)8-18-16-11-5-3-4-6-12(11)29(25,26)21-16/h3-7H,2,8-9H2,1H3,(H,18,21). The van der Waals surface area contributed by atoms with E-state index in [0.29, 0.717) is 22.6 Å². The average molecular weight is 433 g/mol. The van der Waals surface area contributed by atoms with Gasteiger partial charge in [-0.2, -0.15) is 9.61 Å². The number of esters is 1. The first-order chi connectivity index (χ1) is 13.9. The highest BCUT2D eigenvalue weighted by Crippen LogP contribution is 2.22.